The third-order valence-electron chi connectivity index (χ3n) is 2.46. The molecule has 20 heavy (non-hydrogen) atoms. The maximum absolute atomic E-state index is 11.7. The molecular formula is C14H18N2O3S. The highest BCUT2D eigenvalue weighted by Crippen LogP contribution is 2.10. The van der Waals surface area contributed by atoms with Gasteiger partial charge in [0.2, 0.25) is 5.91 Å². The Bertz CT molecular complexity index is 598. The van der Waals surface area contributed by atoms with E-state index in [2.05, 4.69) is 5.32 Å². The summed E-state index contributed by atoms with van der Waals surface area (Å²) in [4.78, 5) is 11.7. The van der Waals surface area contributed by atoms with Crippen LogP contribution in [0.3, 0.4) is 0 Å². The number of carbonyl (C=O) groups excluding carboxylic acids is 1. The van der Waals surface area contributed by atoms with Gasteiger partial charge in [-0.1, -0.05) is 26.0 Å². The minimum atomic E-state index is -3.37. The van der Waals surface area contributed by atoms with E-state index in [1.807, 2.05) is 6.07 Å². The van der Waals surface area contributed by atoms with Crippen LogP contribution in [0.1, 0.15) is 19.4 Å². The minimum Gasteiger partial charge on any atom is -0.325 e. The lowest BCUT2D eigenvalue weighted by Crippen LogP contribution is -2.26. The number of nitrogens with zero attached hydrogens (tertiary/aromatic N) is 1. The molecule has 0 spiro atoms. The van der Waals surface area contributed by atoms with E-state index in [4.69, 9.17) is 5.26 Å². The van der Waals surface area contributed by atoms with Crippen molar-refractivity contribution in [3.63, 3.8) is 0 Å². The van der Waals surface area contributed by atoms with Crippen LogP contribution < -0.4 is 5.32 Å². The quantitative estimate of drug-likeness (QED) is 0.866. The van der Waals surface area contributed by atoms with Crippen molar-refractivity contribution in [3.05, 3.63) is 29.8 Å². The summed E-state index contributed by atoms with van der Waals surface area (Å²) in [7, 11) is -3.37. The van der Waals surface area contributed by atoms with Crippen molar-refractivity contribution < 1.29 is 13.2 Å². The molecule has 0 radical (unpaired) electrons. The standard InChI is InChI=1S/C14H18N2O3S/c1-11(2)9-20(18,19)10-14(17)16-13-5-3-12(4-6-13)7-8-15/h3-6,11H,7,9-10H2,1-2H3,(H,16,17). The molecular weight excluding hydrogens is 276 g/mol. The van der Waals surface area contributed by atoms with E-state index < -0.39 is 21.5 Å². The van der Waals surface area contributed by atoms with E-state index in [-0.39, 0.29) is 11.7 Å². The summed E-state index contributed by atoms with van der Waals surface area (Å²) in [6.07, 6.45) is 0.303. The zero-order valence-electron chi connectivity index (χ0n) is 11.6. The average molecular weight is 294 g/mol. The number of sulfone groups is 1. The Morgan fingerprint density at radius 1 is 1.30 bits per heavy atom. The number of hydrogen-bond acceptors (Lipinski definition) is 4. The highest BCUT2D eigenvalue weighted by molar-refractivity contribution is 7.92. The van der Waals surface area contributed by atoms with E-state index in [1.54, 1.807) is 38.1 Å². The van der Waals surface area contributed by atoms with Gasteiger partial charge in [-0.15, -0.1) is 0 Å². The smallest absolute Gasteiger partial charge is 0.239 e. The summed E-state index contributed by atoms with van der Waals surface area (Å²) in [6.45, 7) is 3.59. The summed E-state index contributed by atoms with van der Waals surface area (Å²) in [6, 6.07) is 8.78. The topological polar surface area (TPSA) is 87.0 Å². The number of hydrogen-bond donors (Lipinski definition) is 1. The van der Waals surface area contributed by atoms with Crippen molar-refractivity contribution >= 4 is 21.4 Å². The minimum absolute atomic E-state index is 0.00152. The fraction of sp³-hybridized carbons (Fsp3) is 0.429. The normalized spacial score (nSPS) is 11.1. The molecule has 0 saturated heterocycles. The van der Waals surface area contributed by atoms with Crippen LogP contribution in [0.2, 0.25) is 0 Å². The molecule has 1 N–H and O–H groups in total. The van der Waals surface area contributed by atoms with Crippen LogP contribution in [0.15, 0.2) is 24.3 Å². The van der Waals surface area contributed by atoms with Gasteiger partial charge in [0.25, 0.3) is 0 Å². The molecule has 108 valence electrons. The van der Waals surface area contributed by atoms with Crippen LogP contribution in [-0.4, -0.2) is 25.8 Å². The first-order chi connectivity index (χ1) is 9.32. The maximum atomic E-state index is 11.7. The molecule has 0 bridgehead atoms. The molecule has 1 aromatic rings. The highest BCUT2D eigenvalue weighted by atomic mass is 32.2. The van der Waals surface area contributed by atoms with Crippen molar-refractivity contribution in [2.75, 3.05) is 16.8 Å². The second kappa shape index (κ2) is 7.06. The maximum Gasteiger partial charge on any atom is 0.239 e. The van der Waals surface area contributed by atoms with Crippen molar-refractivity contribution in [2.24, 2.45) is 5.92 Å². The van der Waals surface area contributed by atoms with Gasteiger partial charge in [-0.25, -0.2) is 8.42 Å². The van der Waals surface area contributed by atoms with Crippen LogP contribution in [0.4, 0.5) is 5.69 Å². The van der Waals surface area contributed by atoms with E-state index in [0.29, 0.717) is 12.1 Å². The molecule has 0 heterocycles. The van der Waals surface area contributed by atoms with Crippen molar-refractivity contribution in [2.45, 2.75) is 20.3 Å². The predicted molar refractivity (Wildman–Crippen MR) is 77.9 cm³/mol. The van der Waals surface area contributed by atoms with Crippen LogP contribution in [0, 0.1) is 17.2 Å². The predicted octanol–water partition coefficient (Wildman–Crippen LogP) is 1.76. The van der Waals surface area contributed by atoms with Crippen LogP contribution in [0.5, 0.6) is 0 Å². The van der Waals surface area contributed by atoms with Gasteiger partial charge < -0.3 is 5.32 Å². The molecule has 0 aliphatic carbocycles. The summed E-state index contributed by atoms with van der Waals surface area (Å²) >= 11 is 0. The van der Waals surface area contributed by atoms with Crippen LogP contribution >= 0.6 is 0 Å². The van der Waals surface area contributed by atoms with Gasteiger partial charge in [0, 0.05) is 5.69 Å². The van der Waals surface area contributed by atoms with Gasteiger partial charge in [0.15, 0.2) is 9.84 Å². The lowest BCUT2D eigenvalue weighted by molar-refractivity contribution is -0.113. The molecule has 0 saturated carbocycles. The molecule has 0 unspecified atom stereocenters. The second-order valence-corrected chi connectivity index (χ2v) is 7.14. The number of rotatable bonds is 6. The molecule has 0 atom stereocenters. The Hall–Kier alpha value is -1.87. The molecule has 0 aliphatic heterocycles. The number of benzene rings is 1. The van der Waals surface area contributed by atoms with Crippen molar-refractivity contribution in [1.29, 1.82) is 5.26 Å². The Labute approximate surface area is 119 Å². The average Bonchev–Trinajstić information content (AvgIpc) is 2.29. The van der Waals surface area contributed by atoms with Gasteiger partial charge in [-0.2, -0.15) is 5.26 Å². The number of anilines is 1. The second-order valence-electron chi connectivity index (χ2n) is 5.03. The molecule has 6 heteroatoms. The van der Waals surface area contributed by atoms with Gasteiger partial charge in [-0.05, 0) is 23.6 Å². The van der Waals surface area contributed by atoms with E-state index in [1.165, 1.54) is 0 Å². The molecule has 0 fully saturated rings. The molecule has 1 rings (SSSR count). The third-order valence-corrected chi connectivity index (χ3v) is 4.34. The third kappa shape index (κ3) is 5.85. The first-order valence-electron chi connectivity index (χ1n) is 6.28. The number of amides is 1. The SMILES string of the molecule is CC(C)CS(=O)(=O)CC(=O)Nc1ccc(CC#N)cc1. The molecule has 1 aromatic carbocycles. The number of nitrogens with one attached hydrogen (secondary N) is 1. The fourth-order valence-corrected chi connectivity index (χ4v) is 3.37. The first-order valence-corrected chi connectivity index (χ1v) is 8.10. The lowest BCUT2D eigenvalue weighted by atomic mass is 10.1. The molecule has 0 aliphatic rings. The van der Waals surface area contributed by atoms with Crippen LogP contribution in [0.25, 0.3) is 0 Å². The van der Waals surface area contributed by atoms with Gasteiger partial charge in [-0.3, -0.25) is 4.79 Å². The highest BCUT2D eigenvalue weighted by Gasteiger charge is 2.18. The zero-order chi connectivity index (χ0) is 15.2. The largest absolute Gasteiger partial charge is 0.325 e. The Kier molecular flexibility index (Phi) is 5.71. The van der Waals surface area contributed by atoms with Crippen molar-refractivity contribution in [3.8, 4) is 6.07 Å². The van der Waals surface area contributed by atoms with Crippen LogP contribution in [-0.2, 0) is 21.1 Å². The number of carbonyl (C=O) groups is 1. The summed E-state index contributed by atoms with van der Waals surface area (Å²) in [5.41, 5.74) is 1.37. The molecule has 0 aromatic heterocycles. The van der Waals surface area contributed by atoms with E-state index in [9.17, 15) is 13.2 Å². The summed E-state index contributed by atoms with van der Waals surface area (Å²) < 4.78 is 23.4. The summed E-state index contributed by atoms with van der Waals surface area (Å²) in [5, 5.41) is 11.1. The molecule has 5 nitrogen and oxygen atoms in total. The molecule has 1 amide bonds. The Morgan fingerprint density at radius 2 is 1.90 bits per heavy atom. The van der Waals surface area contributed by atoms with E-state index >= 15 is 0 Å². The monoisotopic (exact) mass is 294 g/mol. The van der Waals surface area contributed by atoms with Gasteiger partial charge >= 0.3 is 0 Å². The van der Waals surface area contributed by atoms with Gasteiger partial charge in [0.05, 0.1) is 18.2 Å². The van der Waals surface area contributed by atoms with Crippen molar-refractivity contribution in [1.82, 2.24) is 0 Å². The Balaban J connectivity index is 2.61. The van der Waals surface area contributed by atoms with Gasteiger partial charge in [0.1, 0.15) is 5.75 Å². The zero-order valence-corrected chi connectivity index (χ0v) is 12.4. The first kappa shape index (κ1) is 16.2. The number of nitriles is 1. The van der Waals surface area contributed by atoms with E-state index in [0.717, 1.165) is 5.56 Å². The fourth-order valence-electron chi connectivity index (χ4n) is 1.76. The lowest BCUT2D eigenvalue weighted by Gasteiger charge is -2.08. The summed E-state index contributed by atoms with van der Waals surface area (Å²) in [5.74, 6) is -1.05. The Morgan fingerprint density at radius 3 is 2.40 bits per heavy atom.